The first-order valence-corrected chi connectivity index (χ1v) is 11.1. The molecule has 0 aliphatic carbocycles. The van der Waals surface area contributed by atoms with Crippen LogP contribution in [0.2, 0.25) is 0 Å². The first-order valence-electron chi connectivity index (χ1n) is 11.1. The number of rotatable bonds is 13. The number of nitrogens with one attached hydrogen (secondary N) is 3. The van der Waals surface area contributed by atoms with Crippen molar-refractivity contribution < 1.29 is 4.79 Å². The van der Waals surface area contributed by atoms with Gasteiger partial charge in [-0.2, -0.15) is 0 Å². The Morgan fingerprint density at radius 1 is 1.07 bits per heavy atom. The van der Waals surface area contributed by atoms with Gasteiger partial charge in [0.2, 0.25) is 0 Å². The molecule has 0 aromatic heterocycles. The van der Waals surface area contributed by atoms with Crippen molar-refractivity contribution in [1.82, 2.24) is 20.9 Å². The molecule has 0 heterocycles. The van der Waals surface area contributed by atoms with Gasteiger partial charge in [-0.25, -0.2) is 0 Å². The van der Waals surface area contributed by atoms with Crippen LogP contribution in [0.15, 0.2) is 29.3 Å². The number of guanidine groups is 1. The molecule has 1 aromatic rings. The average molecular weight is 532 g/mol. The molecule has 0 bridgehead atoms. The van der Waals surface area contributed by atoms with Gasteiger partial charge in [-0.15, -0.1) is 24.0 Å². The van der Waals surface area contributed by atoms with Gasteiger partial charge in [-0.1, -0.05) is 39.3 Å². The summed E-state index contributed by atoms with van der Waals surface area (Å²) in [5.41, 5.74) is 1.82. The summed E-state index contributed by atoms with van der Waals surface area (Å²) in [7, 11) is 1.79. The molecule has 0 saturated carbocycles. The molecule has 0 fully saturated rings. The summed E-state index contributed by atoms with van der Waals surface area (Å²) in [5, 5.41) is 9.76. The monoisotopic (exact) mass is 531 g/mol. The molecule has 1 aromatic carbocycles. The topological polar surface area (TPSA) is 68.8 Å². The number of amides is 1. The molecule has 1 rings (SSSR count). The summed E-state index contributed by atoms with van der Waals surface area (Å²) >= 11 is 0. The Labute approximate surface area is 200 Å². The number of hydrogen-bond acceptors (Lipinski definition) is 3. The molecule has 1 atom stereocenters. The fourth-order valence-electron chi connectivity index (χ4n) is 3.10. The average Bonchev–Trinajstić information content (AvgIpc) is 2.74. The van der Waals surface area contributed by atoms with E-state index in [9.17, 15) is 4.79 Å². The van der Waals surface area contributed by atoms with E-state index in [2.05, 4.69) is 53.5 Å². The van der Waals surface area contributed by atoms with Crippen LogP contribution in [0.25, 0.3) is 0 Å². The third-order valence-corrected chi connectivity index (χ3v) is 5.10. The predicted molar refractivity (Wildman–Crippen MR) is 139 cm³/mol. The molecule has 6 nitrogen and oxygen atoms in total. The summed E-state index contributed by atoms with van der Waals surface area (Å²) in [6, 6.07) is 8.10. The molecular formula is C23H42IN5O. The van der Waals surface area contributed by atoms with Crippen LogP contribution in [0, 0.1) is 0 Å². The van der Waals surface area contributed by atoms with Gasteiger partial charge in [0.05, 0.1) is 0 Å². The largest absolute Gasteiger partial charge is 0.354 e. The Kier molecular flexibility index (Phi) is 16.6. The van der Waals surface area contributed by atoms with Crippen molar-refractivity contribution in [2.45, 2.75) is 66.0 Å². The van der Waals surface area contributed by atoms with Crippen LogP contribution in [-0.4, -0.2) is 56.0 Å². The Morgan fingerprint density at radius 3 is 2.30 bits per heavy atom. The zero-order valence-electron chi connectivity index (χ0n) is 19.5. The van der Waals surface area contributed by atoms with Gasteiger partial charge in [-0.3, -0.25) is 9.79 Å². The molecule has 0 saturated heterocycles. The quantitative estimate of drug-likeness (QED) is 0.156. The number of hydrogen-bond donors (Lipinski definition) is 3. The van der Waals surface area contributed by atoms with E-state index in [1.165, 1.54) is 6.42 Å². The maximum Gasteiger partial charge on any atom is 0.251 e. The van der Waals surface area contributed by atoms with Gasteiger partial charge in [0.25, 0.3) is 5.91 Å². The number of aliphatic imine (C=N–C) groups is 1. The molecular weight excluding hydrogens is 489 g/mol. The van der Waals surface area contributed by atoms with Crippen LogP contribution in [0.1, 0.15) is 69.3 Å². The van der Waals surface area contributed by atoms with Gasteiger partial charge >= 0.3 is 0 Å². The van der Waals surface area contributed by atoms with Crippen molar-refractivity contribution in [3.05, 3.63) is 35.4 Å². The molecule has 3 N–H and O–H groups in total. The fraction of sp³-hybridized carbons (Fsp3) is 0.652. The maximum atomic E-state index is 12.1. The lowest BCUT2D eigenvalue weighted by molar-refractivity contribution is 0.0953. The van der Waals surface area contributed by atoms with Crippen molar-refractivity contribution in [2.24, 2.45) is 4.99 Å². The lowest BCUT2D eigenvalue weighted by atomic mass is 10.1. The number of unbranched alkanes of at least 4 members (excludes halogenated alkanes) is 1. The number of carbonyl (C=O) groups excluding carboxylic acids is 1. The molecule has 172 valence electrons. The van der Waals surface area contributed by atoms with E-state index in [-0.39, 0.29) is 29.9 Å². The van der Waals surface area contributed by atoms with E-state index in [0.717, 1.165) is 57.0 Å². The van der Waals surface area contributed by atoms with Crippen LogP contribution in [-0.2, 0) is 6.54 Å². The molecule has 0 spiro atoms. The second-order valence-electron chi connectivity index (χ2n) is 7.45. The van der Waals surface area contributed by atoms with Crippen molar-refractivity contribution in [1.29, 1.82) is 0 Å². The van der Waals surface area contributed by atoms with Crippen molar-refractivity contribution in [3.8, 4) is 0 Å². The Balaban J connectivity index is 0.00000841. The van der Waals surface area contributed by atoms with Crippen molar-refractivity contribution in [2.75, 3.05) is 33.2 Å². The summed E-state index contributed by atoms with van der Waals surface area (Å²) < 4.78 is 0. The summed E-state index contributed by atoms with van der Waals surface area (Å²) in [4.78, 5) is 18.9. The van der Waals surface area contributed by atoms with E-state index in [0.29, 0.717) is 18.2 Å². The first kappa shape index (κ1) is 28.6. The normalized spacial score (nSPS) is 12.3. The third-order valence-electron chi connectivity index (χ3n) is 5.10. The van der Waals surface area contributed by atoms with E-state index in [1.54, 1.807) is 7.05 Å². The zero-order valence-corrected chi connectivity index (χ0v) is 21.8. The molecule has 7 heteroatoms. The number of benzene rings is 1. The van der Waals surface area contributed by atoms with Crippen molar-refractivity contribution in [3.63, 3.8) is 0 Å². The van der Waals surface area contributed by atoms with Crippen LogP contribution in [0.4, 0.5) is 0 Å². The number of nitrogens with zero attached hydrogens (tertiary/aromatic N) is 2. The fourth-order valence-corrected chi connectivity index (χ4v) is 3.10. The molecule has 0 radical (unpaired) electrons. The van der Waals surface area contributed by atoms with Crippen LogP contribution in [0.3, 0.4) is 0 Å². The van der Waals surface area contributed by atoms with Gasteiger partial charge in [-0.05, 0) is 63.5 Å². The first-order chi connectivity index (χ1) is 14.0. The van der Waals surface area contributed by atoms with Gasteiger partial charge in [0, 0.05) is 31.7 Å². The third kappa shape index (κ3) is 11.7. The maximum absolute atomic E-state index is 12.1. The van der Waals surface area contributed by atoms with Gasteiger partial charge in [0.1, 0.15) is 0 Å². The molecule has 0 aliphatic heterocycles. The SMILES string of the molecule is CCCCNC(=O)c1ccc(CNC(=NC)NC(C)CCCN(CC)CC)cc1.I. The molecule has 0 aliphatic rings. The van der Waals surface area contributed by atoms with Gasteiger partial charge < -0.3 is 20.9 Å². The van der Waals surface area contributed by atoms with Crippen LogP contribution < -0.4 is 16.0 Å². The van der Waals surface area contributed by atoms with E-state index >= 15 is 0 Å². The minimum absolute atomic E-state index is 0. The van der Waals surface area contributed by atoms with Gasteiger partial charge in [0.15, 0.2) is 5.96 Å². The highest BCUT2D eigenvalue weighted by atomic mass is 127. The number of carbonyl (C=O) groups is 1. The van der Waals surface area contributed by atoms with Crippen LogP contribution >= 0.6 is 24.0 Å². The summed E-state index contributed by atoms with van der Waals surface area (Å²) in [5.74, 6) is 0.802. The Morgan fingerprint density at radius 2 is 1.73 bits per heavy atom. The van der Waals surface area contributed by atoms with E-state index in [4.69, 9.17) is 0 Å². The minimum atomic E-state index is -0.00558. The molecule has 30 heavy (non-hydrogen) atoms. The van der Waals surface area contributed by atoms with E-state index < -0.39 is 0 Å². The Hall–Kier alpha value is -1.35. The number of halogens is 1. The predicted octanol–water partition coefficient (Wildman–Crippen LogP) is 4.01. The standard InChI is InChI=1S/C23H41N5O.HI/c1-6-9-16-25-22(29)21-14-12-20(13-15-21)18-26-23(24-5)27-19(4)11-10-17-28(7-2)8-3;/h12-15,19H,6-11,16-18H2,1-5H3,(H,25,29)(H2,24,26,27);1H. The Bertz CT molecular complexity index is 602. The second-order valence-corrected chi connectivity index (χ2v) is 7.45. The summed E-state index contributed by atoms with van der Waals surface area (Å²) in [6.45, 7) is 13.5. The molecule has 1 amide bonds. The van der Waals surface area contributed by atoms with E-state index in [1.807, 2.05) is 24.3 Å². The smallest absolute Gasteiger partial charge is 0.251 e. The highest BCUT2D eigenvalue weighted by Gasteiger charge is 2.08. The molecule has 1 unspecified atom stereocenters. The lowest BCUT2D eigenvalue weighted by Gasteiger charge is -2.21. The zero-order chi connectivity index (χ0) is 21.5. The summed E-state index contributed by atoms with van der Waals surface area (Å²) in [6.07, 6.45) is 4.37. The highest BCUT2D eigenvalue weighted by Crippen LogP contribution is 2.05. The second kappa shape index (κ2) is 17.3. The highest BCUT2D eigenvalue weighted by molar-refractivity contribution is 14.0. The van der Waals surface area contributed by atoms with Crippen LogP contribution in [0.5, 0.6) is 0 Å². The lowest BCUT2D eigenvalue weighted by Crippen LogP contribution is -2.42. The van der Waals surface area contributed by atoms with Crippen molar-refractivity contribution >= 4 is 35.8 Å². The minimum Gasteiger partial charge on any atom is -0.354 e.